The third-order valence-electron chi connectivity index (χ3n) is 3.83. The molecule has 0 heterocycles. The zero-order valence-electron chi connectivity index (χ0n) is 13.9. The van der Waals surface area contributed by atoms with Crippen LogP contribution < -0.4 is 5.32 Å². The van der Waals surface area contributed by atoms with Crippen molar-refractivity contribution in [2.75, 3.05) is 0 Å². The van der Waals surface area contributed by atoms with Crippen LogP contribution in [0.15, 0.2) is 18.2 Å². The summed E-state index contributed by atoms with van der Waals surface area (Å²) in [6.07, 6.45) is 9.96. The standard InChI is InChI=1S/C18H31NO3/c1-3-4-5-6-7-8-9-10-15-11-12-17(20)16(13-15)14-19-18(2,21)22/h11-13,19-22H,3-10,14H2,1-2H3. The second-order valence-corrected chi connectivity index (χ2v) is 6.21. The minimum absolute atomic E-state index is 0.181. The van der Waals surface area contributed by atoms with Gasteiger partial charge in [-0.2, -0.15) is 0 Å². The number of phenols is 1. The van der Waals surface area contributed by atoms with E-state index in [0.29, 0.717) is 5.56 Å². The highest BCUT2D eigenvalue weighted by Crippen LogP contribution is 2.20. The van der Waals surface area contributed by atoms with E-state index in [9.17, 15) is 15.3 Å². The van der Waals surface area contributed by atoms with E-state index in [0.717, 1.165) is 12.8 Å². The Morgan fingerprint density at radius 1 is 1.00 bits per heavy atom. The molecule has 0 aliphatic carbocycles. The van der Waals surface area contributed by atoms with E-state index in [-0.39, 0.29) is 12.3 Å². The number of aromatic hydroxyl groups is 1. The zero-order valence-corrected chi connectivity index (χ0v) is 13.9. The number of hydrogen-bond acceptors (Lipinski definition) is 4. The number of phenolic OH excluding ortho intramolecular Hbond substituents is 1. The first-order chi connectivity index (χ1) is 10.4. The fourth-order valence-corrected chi connectivity index (χ4v) is 2.48. The Bertz CT molecular complexity index is 427. The molecule has 0 aliphatic heterocycles. The topological polar surface area (TPSA) is 72.7 Å². The molecule has 0 amide bonds. The van der Waals surface area contributed by atoms with Gasteiger partial charge in [-0.1, -0.05) is 57.6 Å². The molecule has 0 fully saturated rings. The van der Waals surface area contributed by atoms with Crippen molar-refractivity contribution >= 4 is 0 Å². The molecule has 1 aromatic rings. The third kappa shape index (κ3) is 8.37. The molecule has 0 radical (unpaired) electrons. The van der Waals surface area contributed by atoms with Crippen LogP contribution in [0.25, 0.3) is 0 Å². The van der Waals surface area contributed by atoms with Gasteiger partial charge in [0.2, 0.25) is 5.91 Å². The minimum atomic E-state index is -1.93. The molecule has 126 valence electrons. The summed E-state index contributed by atoms with van der Waals surface area (Å²) in [4.78, 5) is 0. The summed E-state index contributed by atoms with van der Waals surface area (Å²) in [6.45, 7) is 3.71. The van der Waals surface area contributed by atoms with Crippen molar-refractivity contribution in [2.45, 2.75) is 77.7 Å². The van der Waals surface area contributed by atoms with Gasteiger partial charge < -0.3 is 15.3 Å². The van der Waals surface area contributed by atoms with Gasteiger partial charge in [-0.3, -0.25) is 5.32 Å². The van der Waals surface area contributed by atoms with Crippen molar-refractivity contribution in [1.29, 1.82) is 0 Å². The molecule has 0 aliphatic rings. The van der Waals surface area contributed by atoms with Gasteiger partial charge >= 0.3 is 0 Å². The molecular formula is C18H31NO3. The molecule has 4 heteroatoms. The zero-order chi connectivity index (χ0) is 16.4. The van der Waals surface area contributed by atoms with Crippen LogP contribution in [0.5, 0.6) is 5.75 Å². The van der Waals surface area contributed by atoms with Crippen molar-refractivity contribution in [3.05, 3.63) is 29.3 Å². The number of rotatable bonds is 11. The molecule has 0 saturated carbocycles. The highest BCUT2D eigenvalue weighted by molar-refractivity contribution is 5.36. The molecule has 0 bridgehead atoms. The summed E-state index contributed by atoms with van der Waals surface area (Å²) in [6, 6.07) is 5.55. The molecule has 0 saturated heterocycles. The number of aryl methyl sites for hydroxylation is 1. The van der Waals surface area contributed by atoms with Crippen molar-refractivity contribution in [3.8, 4) is 5.75 Å². The Balaban J connectivity index is 2.35. The second-order valence-electron chi connectivity index (χ2n) is 6.21. The van der Waals surface area contributed by atoms with Crippen LogP contribution >= 0.6 is 0 Å². The molecule has 0 aromatic heterocycles. The van der Waals surface area contributed by atoms with Crippen molar-refractivity contribution in [1.82, 2.24) is 5.32 Å². The van der Waals surface area contributed by atoms with Gasteiger partial charge in [0.25, 0.3) is 0 Å². The third-order valence-corrected chi connectivity index (χ3v) is 3.83. The lowest BCUT2D eigenvalue weighted by atomic mass is 10.0. The fraction of sp³-hybridized carbons (Fsp3) is 0.667. The summed E-state index contributed by atoms with van der Waals surface area (Å²) in [5, 5.41) is 30.9. The molecule has 0 spiro atoms. The number of benzene rings is 1. The van der Waals surface area contributed by atoms with Crippen LogP contribution in [0.3, 0.4) is 0 Å². The maximum Gasteiger partial charge on any atom is 0.219 e. The molecular weight excluding hydrogens is 278 g/mol. The monoisotopic (exact) mass is 309 g/mol. The van der Waals surface area contributed by atoms with E-state index in [4.69, 9.17) is 0 Å². The summed E-state index contributed by atoms with van der Waals surface area (Å²) in [5.74, 6) is -1.75. The Morgan fingerprint density at radius 3 is 2.27 bits per heavy atom. The van der Waals surface area contributed by atoms with Gasteiger partial charge in [-0.25, -0.2) is 0 Å². The lowest BCUT2D eigenvalue weighted by molar-refractivity contribution is -0.170. The number of hydrogen-bond donors (Lipinski definition) is 4. The van der Waals surface area contributed by atoms with Crippen molar-refractivity contribution in [3.63, 3.8) is 0 Å². The van der Waals surface area contributed by atoms with E-state index in [1.807, 2.05) is 12.1 Å². The van der Waals surface area contributed by atoms with Gasteiger partial charge in [0.1, 0.15) is 5.75 Å². The van der Waals surface area contributed by atoms with E-state index in [2.05, 4.69) is 12.2 Å². The normalized spacial score (nSPS) is 11.8. The fourth-order valence-electron chi connectivity index (χ4n) is 2.48. The summed E-state index contributed by atoms with van der Waals surface area (Å²) in [7, 11) is 0. The maximum absolute atomic E-state index is 9.82. The lowest BCUT2D eigenvalue weighted by Gasteiger charge is -2.18. The molecule has 22 heavy (non-hydrogen) atoms. The average Bonchev–Trinajstić information content (AvgIpc) is 2.45. The summed E-state index contributed by atoms with van der Waals surface area (Å²) < 4.78 is 0. The molecule has 1 rings (SSSR count). The van der Waals surface area contributed by atoms with Crippen LogP contribution in [0.1, 0.15) is 69.9 Å². The molecule has 4 N–H and O–H groups in total. The first-order valence-electron chi connectivity index (χ1n) is 8.43. The van der Waals surface area contributed by atoms with Crippen LogP contribution in [0.2, 0.25) is 0 Å². The van der Waals surface area contributed by atoms with Gasteiger partial charge in [0, 0.05) is 19.0 Å². The predicted molar refractivity (Wildman–Crippen MR) is 89.5 cm³/mol. The van der Waals surface area contributed by atoms with Crippen LogP contribution in [-0.2, 0) is 13.0 Å². The van der Waals surface area contributed by atoms with E-state index in [1.165, 1.54) is 51.0 Å². The Labute approximate surface area is 134 Å². The largest absolute Gasteiger partial charge is 0.508 e. The smallest absolute Gasteiger partial charge is 0.219 e. The predicted octanol–water partition coefficient (Wildman–Crippen LogP) is 3.43. The Hall–Kier alpha value is -1.10. The number of aliphatic hydroxyl groups is 2. The second kappa shape index (κ2) is 9.82. The van der Waals surface area contributed by atoms with Crippen LogP contribution in [-0.4, -0.2) is 21.2 Å². The van der Waals surface area contributed by atoms with Gasteiger partial charge in [-0.05, 0) is 24.5 Å². The van der Waals surface area contributed by atoms with E-state index in [1.54, 1.807) is 6.07 Å². The minimum Gasteiger partial charge on any atom is -0.508 e. The maximum atomic E-state index is 9.82. The van der Waals surface area contributed by atoms with E-state index >= 15 is 0 Å². The van der Waals surface area contributed by atoms with E-state index < -0.39 is 5.91 Å². The van der Waals surface area contributed by atoms with Crippen LogP contribution in [0.4, 0.5) is 0 Å². The van der Waals surface area contributed by atoms with Gasteiger partial charge in [0.15, 0.2) is 0 Å². The first kappa shape index (κ1) is 18.9. The highest BCUT2D eigenvalue weighted by Gasteiger charge is 2.14. The molecule has 1 aromatic carbocycles. The Morgan fingerprint density at radius 2 is 1.64 bits per heavy atom. The first-order valence-corrected chi connectivity index (χ1v) is 8.43. The van der Waals surface area contributed by atoms with Crippen molar-refractivity contribution in [2.24, 2.45) is 0 Å². The lowest BCUT2D eigenvalue weighted by Crippen LogP contribution is -2.41. The Kier molecular flexibility index (Phi) is 8.46. The quantitative estimate of drug-likeness (QED) is 0.373. The highest BCUT2D eigenvalue weighted by atomic mass is 16.5. The van der Waals surface area contributed by atoms with Gasteiger partial charge in [0.05, 0.1) is 0 Å². The SMILES string of the molecule is CCCCCCCCCc1ccc(O)c(CNC(C)(O)O)c1. The average molecular weight is 309 g/mol. The van der Waals surface area contributed by atoms with Crippen molar-refractivity contribution < 1.29 is 15.3 Å². The summed E-state index contributed by atoms with van der Waals surface area (Å²) >= 11 is 0. The number of nitrogens with one attached hydrogen (secondary N) is 1. The van der Waals surface area contributed by atoms with Crippen LogP contribution in [0, 0.1) is 0 Å². The van der Waals surface area contributed by atoms with Gasteiger partial charge in [-0.15, -0.1) is 0 Å². The summed E-state index contributed by atoms with van der Waals surface area (Å²) in [5.41, 5.74) is 1.87. The molecule has 4 nitrogen and oxygen atoms in total. The molecule has 0 atom stereocenters. The number of unbranched alkanes of at least 4 members (excludes halogenated alkanes) is 6. The molecule has 0 unspecified atom stereocenters.